The van der Waals surface area contributed by atoms with Crippen molar-refractivity contribution in [2.24, 2.45) is 0 Å². The molecule has 0 saturated heterocycles. The molecule has 136 valence electrons. The van der Waals surface area contributed by atoms with Crippen LogP contribution >= 0.6 is 0 Å². The first-order chi connectivity index (χ1) is 10.5. The molecule has 0 aliphatic rings. The predicted molar refractivity (Wildman–Crippen MR) is 92.0 cm³/mol. The van der Waals surface area contributed by atoms with Crippen LogP contribution in [-0.2, 0) is 26.6 Å². The zero-order valence-corrected chi connectivity index (χ0v) is 17.5. The molecular formula is C13H35NO6Si2. The fourth-order valence-corrected chi connectivity index (χ4v) is 5.35. The second-order valence-electron chi connectivity index (χ2n) is 4.55. The van der Waals surface area contributed by atoms with Crippen molar-refractivity contribution in [3.63, 3.8) is 0 Å². The van der Waals surface area contributed by atoms with Crippen molar-refractivity contribution in [3.8, 4) is 0 Å². The fourth-order valence-electron chi connectivity index (χ4n) is 1.90. The minimum absolute atomic E-state index is 0.858. The first kappa shape index (κ1) is 24.4. The maximum atomic E-state index is 5.25. The van der Waals surface area contributed by atoms with Crippen LogP contribution in [0.1, 0.15) is 19.8 Å². The lowest BCUT2D eigenvalue weighted by Crippen LogP contribution is -2.43. The summed E-state index contributed by atoms with van der Waals surface area (Å²) in [5.74, 6) is 0. The molecule has 0 rings (SSSR count). The Morgan fingerprint density at radius 2 is 1.05 bits per heavy atom. The maximum Gasteiger partial charge on any atom is 0.500 e. The molecule has 9 heteroatoms. The summed E-state index contributed by atoms with van der Waals surface area (Å²) in [5, 5.41) is 3.07. The highest BCUT2D eigenvalue weighted by atomic mass is 28.4. The molecule has 0 aromatic carbocycles. The SMILES string of the molecule is CCC[Si](OC)(OC)OC.CNCCC[Si](OC)(OC)OC. The Bertz CT molecular complexity index is 224. The molecule has 0 aromatic heterocycles. The normalized spacial score (nSPS) is 12.0. The minimum atomic E-state index is -2.29. The monoisotopic (exact) mass is 357 g/mol. The van der Waals surface area contributed by atoms with Crippen molar-refractivity contribution >= 4 is 17.6 Å². The summed E-state index contributed by atoms with van der Waals surface area (Å²) in [7, 11) is 7.23. The minimum Gasteiger partial charge on any atom is -0.377 e. The van der Waals surface area contributed by atoms with Gasteiger partial charge in [-0.05, 0) is 20.0 Å². The molecule has 0 amide bonds. The molecule has 0 heterocycles. The van der Waals surface area contributed by atoms with Crippen molar-refractivity contribution < 1.29 is 26.6 Å². The third-order valence-corrected chi connectivity index (χ3v) is 9.14. The third-order valence-electron chi connectivity index (χ3n) is 3.33. The zero-order valence-electron chi connectivity index (χ0n) is 15.5. The highest BCUT2D eigenvalue weighted by Gasteiger charge is 2.37. The quantitative estimate of drug-likeness (QED) is 0.421. The van der Waals surface area contributed by atoms with Crippen LogP contribution in [0, 0.1) is 0 Å². The summed E-state index contributed by atoms with van der Waals surface area (Å²) in [4.78, 5) is 0. The van der Waals surface area contributed by atoms with Crippen molar-refractivity contribution in [2.45, 2.75) is 31.9 Å². The third kappa shape index (κ3) is 9.33. The molecule has 0 aliphatic heterocycles. The summed E-state index contributed by atoms with van der Waals surface area (Å²) in [6.07, 6.45) is 2.04. The van der Waals surface area contributed by atoms with E-state index in [4.69, 9.17) is 26.6 Å². The van der Waals surface area contributed by atoms with Crippen molar-refractivity contribution in [1.29, 1.82) is 0 Å². The Morgan fingerprint density at radius 1 is 0.682 bits per heavy atom. The summed E-state index contributed by atoms with van der Waals surface area (Å²) in [6, 6.07) is 1.74. The van der Waals surface area contributed by atoms with Gasteiger partial charge in [0, 0.05) is 54.7 Å². The van der Waals surface area contributed by atoms with Gasteiger partial charge in [-0.2, -0.15) is 0 Å². The topological polar surface area (TPSA) is 67.4 Å². The van der Waals surface area contributed by atoms with Gasteiger partial charge in [-0.15, -0.1) is 0 Å². The van der Waals surface area contributed by atoms with Crippen LogP contribution in [0.25, 0.3) is 0 Å². The van der Waals surface area contributed by atoms with E-state index in [-0.39, 0.29) is 0 Å². The Kier molecular flexibility index (Phi) is 16.3. The van der Waals surface area contributed by atoms with E-state index in [9.17, 15) is 0 Å². The summed E-state index contributed by atoms with van der Waals surface area (Å²) < 4.78 is 31.3. The van der Waals surface area contributed by atoms with Gasteiger partial charge in [0.25, 0.3) is 0 Å². The van der Waals surface area contributed by atoms with Crippen LogP contribution in [0.3, 0.4) is 0 Å². The van der Waals surface area contributed by atoms with Gasteiger partial charge in [0.1, 0.15) is 0 Å². The molecule has 0 unspecified atom stereocenters. The van der Waals surface area contributed by atoms with E-state index in [2.05, 4.69) is 12.2 Å². The molecule has 0 aliphatic carbocycles. The van der Waals surface area contributed by atoms with E-state index >= 15 is 0 Å². The highest BCUT2D eigenvalue weighted by molar-refractivity contribution is 6.60. The molecule has 0 atom stereocenters. The van der Waals surface area contributed by atoms with Crippen LogP contribution in [0.5, 0.6) is 0 Å². The van der Waals surface area contributed by atoms with Crippen LogP contribution in [-0.4, -0.2) is 73.9 Å². The van der Waals surface area contributed by atoms with E-state index in [0.717, 1.165) is 31.5 Å². The molecule has 7 nitrogen and oxygen atoms in total. The first-order valence-corrected chi connectivity index (χ1v) is 11.3. The summed E-state index contributed by atoms with van der Waals surface area (Å²) >= 11 is 0. The smallest absolute Gasteiger partial charge is 0.377 e. The van der Waals surface area contributed by atoms with Gasteiger partial charge < -0.3 is 31.9 Å². The van der Waals surface area contributed by atoms with E-state index in [0.29, 0.717) is 0 Å². The van der Waals surface area contributed by atoms with Crippen LogP contribution in [0.4, 0.5) is 0 Å². The zero-order chi connectivity index (χ0) is 17.5. The van der Waals surface area contributed by atoms with Gasteiger partial charge in [0.05, 0.1) is 0 Å². The molecule has 0 aromatic rings. The molecule has 22 heavy (non-hydrogen) atoms. The molecular weight excluding hydrogens is 322 g/mol. The fraction of sp³-hybridized carbons (Fsp3) is 1.00. The second kappa shape index (κ2) is 14.7. The molecule has 0 spiro atoms. The maximum absolute atomic E-state index is 5.25. The van der Waals surface area contributed by atoms with Crippen LogP contribution < -0.4 is 5.32 Å². The highest BCUT2D eigenvalue weighted by Crippen LogP contribution is 2.14. The number of rotatable bonds is 12. The van der Waals surface area contributed by atoms with Crippen molar-refractivity contribution in [2.75, 3.05) is 56.3 Å². The largest absolute Gasteiger partial charge is 0.500 e. The average molecular weight is 358 g/mol. The van der Waals surface area contributed by atoms with Crippen molar-refractivity contribution in [3.05, 3.63) is 0 Å². The first-order valence-electron chi connectivity index (χ1n) is 7.44. The summed E-state index contributed by atoms with van der Waals surface area (Å²) in [6.45, 7) is 3.05. The average Bonchev–Trinajstić information content (AvgIpc) is 2.58. The Balaban J connectivity index is 0. The molecule has 0 fully saturated rings. The number of nitrogens with one attached hydrogen (secondary N) is 1. The van der Waals surface area contributed by atoms with E-state index in [1.807, 2.05) is 7.05 Å². The van der Waals surface area contributed by atoms with Crippen molar-refractivity contribution in [1.82, 2.24) is 5.32 Å². The predicted octanol–water partition coefficient (Wildman–Crippen LogP) is 1.75. The van der Waals surface area contributed by atoms with Gasteiger partial charge >= 0.3 is 17.6 Å². The van der Waals surface area contributed by atoms with E-state index in [1.165, 1.54) is 0 Å². The van der Waals surface area contributed by atoms with E-state index in [1.54, 1.807) is 42.7 Å². The Morgan fingerprint density at radius 3 is 1.27 bits per heavy atom. The van der Waals surface area contributed by atoms with Gasteiger partial charge in [-0.3, -0.25) is 0 Å². The Labute approximate surface area is 138 Å². The van der Waals surface area contributed by atoms with Crippen LogP contribution in [0.15, 0.2) is 0 Å². The molecule has 1 N–H and O–H groups in total. The standard InChI is InChI=1S/C7H19NO3Si.C6H16O3Si/c1-8-6-5-7-12(9-2,10-3)11-4;1-5-6-10(7-2,8-3)9-4/h8H,5-7H2,1-4H3;5-6H2,1-4H3. The van der Waals surface area contributed by atoms with Gasteiger partial charge in [-0.25, -0.2) is 0 Å². The molecule has 0 saturated carbocycles. The number of hydrogen-bond donors (Lipinski definition) is 1. The summed E-state index contributed by atoms with van der Waals surface area (Å²) in [5.41, 5.74) is 0. The van der Waals surface area contributed by atoms with Gasteiger partial charge in [-0.1, -0.05) is 13.3 Å². The molecule has 0 bridgehead atoms. The lowest BCUT2D eigenvalue weighted by Gasteiger charge is -2.24. The Hall–Kier alpha value is 0.154. The number of hydrogen-bond acceptors (Lipinski definition) is 7. The van der Waals surface area contributed by atoms with E-state index < -0.39 is 17.6 Å². The second-order valence-corrected chi connectivity index (χ2v) is 10.7. The van der Waals surface area contributed by atoms with Gasteiger partial charge in [0.2, 0.25) is 0 Å². The molecule has 0 radical (unpaired) electrons. The lowest BCUT2D eigenvalue weighted by atomic mass is 10.5. The lowest BCUT2D eigenvalue weighted by molar-refractivity contribution is 0.122. The van der Waals surface area contributed by atoms with Gasteiger partial charge in [0.15, 0.2) is 0 Å². The van der Waals surface area contributed by atoms with Crippen LogP contribution in [0.2, 0.25) is 12.1 Å².